The minimum Gasteiger partial charge on any atom is -0.474 e. The summed E-state index contributed by atoms with van der Waals surface area (Å²) in [5.74, 6) is 2.03. The van der Waals surface area contributed by atoms with Crippen LogP contribution in [0.3, 0.4) is 0 Å². The summed E-state index contributed by atoms with van der Waals surface area (Å²) in [5.41, 5.74) is 5.05. The van der Waals surface area contributed by atoms with Gasteiger partial charge in [-0.15, -0.1) is 0 Å². The highest BCUT2D eigenvalue weighted by atomic mass is 31.1. The Bertz CT molecular complexity index is 827. The van der Waals surface area contributed by atoms with Crippen molar-refractivity contribution in [3.8, 4) is 11.5 Å². The molecule has 31 heavy (non-hydrogen) atoms. The lowest BCUT2D eigenvalue weighted by Gasteiger charge is -2.32. The molecule has 4 heteroatoms. The van der Waals surface area contributed by atoms with Gasteiger partial charge in [-0.1, -0.05) is 79.7 Å². The van der Waals surface area contributed by atoms with Crippen molar-refractivity contribution in [2.24, 2.45) is 0 Å². The van der Waals surface area contributed by atoms with E-state index >= 15 is 0 Å². The van der Waals surface area contributed by atoms with E-state index in [0.29, 0.717) is 0 Å². The zero-order chi connectivity index (χ0) is 23.8. The minimum atomic E-state index is -0.463. The summed E-state index contributed by atoms with van der Waals surface area (Å²) < 4.78 is 12.4. The van der Waals surface area contributed by atoms with Gasteiger partial charge in [0.25, 0.3) is 0 Å². The molecule has 0 aliphatic carbocycles. The first-order chi connectivity index (χ1) is 14.0. The van der Waals surface area contributed by atoms with Crippen LogP contribution < -0.4 is 9.05 Å². The van der Waals surface area contributed by atoms with E-state index in [1.807, 2.05) is 0 Å². The van der Waals surface area contributed by atoms with E-state index in [-0.39, 0.29) is 16.2 Å². The van der Waals surface area contributed by atoms with E-state index < -0.39 is 16.3 Å². The highest BCUT2D eigenvalue weighted by Crippen LogP contribution is 2.44. The molecule has 0 bridgehead atoms. The summed E-state index contributed by atoms with van der Waals surface area (Å²) in [6, 6.07) is 13.5. The third-order valence-corrected chi connectivity index (χ3v) is 6.70. The maximum absolute atomic E-state index is 6.21. The van der Waals surface area contributed by atoms with Gasteiger partial charge in [0, 0.05) is 16.5 Å². The Balaban J connectivity index is 2.61. The Morgan fingerprint density at radius 3 is 1.13 bits per heavy atom. The van der Waals surface area contributed by atoms with Gasteiger partial charge in [-0.2, -0.15) is 0 Å². The molecule has 2 nitrogen and oxygen atoms in total. The number of hydrogen-bond acceptors (Lipinski definition) is 2. The monoisotopic (exact) mass is 460 g/mol. The van der Waals surface area contributed by atoms with Gasteiger partial charge < -0.3 is 9.05 Å². The zero-order valence-electron chi connectivity index (χ0n) is 21.7. The first kappa shape index (κ1) is 26.2. The van der Waals surface area contributed by atoms with Crippen molar-refractivity contribution in [2.75, 3.05) is 26.7 Å². The van der Waals surface area contributed by atoms with Gasteiger partial charge in [-0.25, -0.2) is 0 Å². The second kappa shape index (κ2) is 9.41. The molecule has 172 valence electrons. The second-order valence-corrected chi connectivity index (χ2v) is 15.0. The van der Waals surface area contributed by atoms with Crippen LogP contribution in [-0.2, 0) is 16.2 Å². The third kappa shape index (κ3) is 6.46. The molecule has 2 rings (SSSR count). The van der Waals surface area contributed by atoms with E-state index in [0.717, 1.165) is 11.5 Å². The lowest BCUT2D eigenvalue weighted by atomic mass is 9.73. The van der Waals surface area contributed by atoms with Crippen molar-refractivity contribution in [3.63, 3.8) is 0 Å². The largest absolute Gasteiger partial charge is 0.474 e. The van der Waals surface area contributed by atoms with E-state index in [2.05, 4.69) is 118 Å². The predicted octanol–water partition coefficient (Wildman–Crippen LogP) is 8.68. The van der Waals surface area contributed by atoms with Crippen LogP contribution >= 0.6 is 16.3 Å². The molecule has 0 unspecified atom stereocenters. The molecule has 0 heterocycles. The number of rotatable bonds is 6. The van der Waals surface area contributed by atoms with E-state index in [1.54, 1.807) is 0 Å². The molecule has 0 fully saturated rings. The van der Waals surface area contributed by atoms with E-state index in [4.69, 9.17) is 9.05 Å². The van der Waals surface area contributed by atoms with Crippen molar-refractivity contribution in [1.29, 1.82) is 0 Å². The summed E-state index contributed by atoms with van der Waals surface area (Å²) in [7, 11) is -0.925. The van der Waals surface area contributed by atoms with Crippen molar-refractivity contribution < 1.29 is 9.05 Å². The van der Waals surface area contributed by atoms with Gasteiger partial charge in [-0.3, -0.25) is 0 Å². The van der Waals surface area contributed by atoms with Crippen molar-refractivity contribution in [2.45, 2.75) is 71.6 Å². The van der Waals surface area contributed by atoms with Gasteiger partial charge in [0.05, 0.1) is 16.3 Å². The van der Waals surface area contributed by atoms with Crippen LogP contribution in [0.5, 0.6) is 11.5 Å². The standard InChI is InChI=1S/C27H42O2P2/c1-25(2,3)21-17-19(13-15-23(21)28-30(9)10)27(7,8)20-14-16-24(29-31(11)12)22(18-20)26(4,5)6/h13-18H,1-12H3. The van der Waals surface area contributed by atoms with E-state index in [9.17, 15) is 0 Å². The fourth-order valence-electron chi connectivity index (χ4n) is 3.73. The van der Waals surface area contributed by atoms with Crippen molar-refractivity contribution in [3.05, 3.63) is 58.7 Å². The molecule has 0 aromatic heterocycles. The van der Waals surface area contributed by atoms with Crippen LogP contribution in [0.2, 0.25) is 0 Å². The maximum atomic E-state index is 6.21. The van der Waals surface area contributed by atoms with E-state index in [1.165, 1.54) is 22.3 Å². The summed E-state index contributed by atoms with van der Waals surface area (Å²) in [6.45, 7) is 26.8. The quantitative estimate of drug-likeness (QED) is 0.402. The topological polar surface area (TPSA) is 18.5 Å². The molecular formula is C27H42O2P2. The molecule has 0 atom stereocenters. The normalized spacial score (nSPS) is 13.1. The fourth-order valence-corrected chi connectivity index (χ4v) is 4.83. The molecule has 0 N–H and O–H groups in total. The lowest BCUT2D eigenvalue weighted by molar-refractivity contribution is 0.529. The lowest BCUT2D eigenvalue weighted by Crippen LogP contribution is -2.23. The molecule has 0 saturated carbocycles. The Morgan fingerprint density at radius 2 is 0.871 bits per heavy atom. The van der Waals surface area contributed by atoms with Gasteiger partial charge >= 0.3 is 0 Å². The van der Waals surface area contributed by atoms with Crippen molar-refractivity contribution >= 4 is 16.3 Å². The smallest absolute Gasteiger partial charge is 0.126 e. The highest BCUT2D eigenvalue weighted by Gasteiger charge is 2.30. The third-order valence-electron chi connectivity index (χ3n) is 5.58. The Kier molecular flexibility index (Phi) is 7.94. The first-order valence-corrected chi connectivity index (χ1v) is 15.3. The molecule has 0 spiro atoms. The molecule has 0 saturated heterocycles. The molecule has 0 radical (unpaired) electrons. The Morgan fingerprint density at radius 1 is 0.548 bits per heavy atom. The summed E-state index contributed by atoms with van der Waals surface area (Å²) >= 11 is 0. The Hall–Kier alpha value is -1.10. The van der Waals surface area contributed by atoms with Gasteiger partial charge in [0.1, 0.15) is 11.5 Å². The highest BCUT2D eigenvalue weighted by molar-refractivity contribution is 7.51. The molecule has 2 aromatic rings. The summed E-state index contributed by atoms with van der Waals surface area (Å²) in [5, 5.41) is 0. The molecule has 0 aliphatic heterocycles. The average Bonchev–Trinajstić information content (AvgIpc) is 2.59. The van der Waals surface area contributed by atoms with Gasteiger partial charge in [-0.05, 0) is 60.7 Å². The van der Waals surface area contributed by atoms with Crippen LogP contribution in [0.1, 0.15) is 77.6 Å². The first-order valence-electron chi connectivity index (χ1n) is 11.0. The van der Waals surface area contributed by atoms with Crippen LogP contribution in [-0.4, -0.2) is 26.7 Å². The number of hydrogen-bond donors (Lipinski definition) is 0. The molecule has 2 aromatic carbocycles. The van der Waals surface area contributed by atoms with Crippen LogP contribution in [0, 0.1) is 0 Å². The predicted molar refractivity (Wildman–Crippen MR) is 141 cm³/mol. The summed E-state index contributed by atoms with van der Waals surface area (Å²) in [4.78, 5) is 0. The average molecular weight is 461 g/mol. The summed E-state index contributed by atoms with van der Waals surface area (Å²) in [6.07, 6.45) is 0. The second-order valence-electron chi connectivity index (χ2n) is 11.4. The van der Waals surface area contributed by atoms with Crippen LogP contribution in [0.4, 0.5) is 0 Å². The SMILES string of the molecule is CP(C)Oc1ccc(C(C)(C)c2ccc(OP(C)C)c(C(C)(C)C)c2)cc1C(C)(C)C. The van der Waals surface area contributed by atoms with Crippen LogP contribution in [0.25, 0.3) is 0 Å². The number of benzene rings is 2. The van der Waals surface area contributed by atoms with Gasteiger partial charge in [0.15, 0.2) is 0 Å². The minimum absolute atomic E-state index is 0.0143. The molecular weight excluding hydrogens is 418 g/mol. The molecule has 0 amide bonds. The van der Waals surface area contributed by atoms with Crippen molar-refractivity contribution in [1.82, 2.24) is 0 Å². The van der Waals surface area contributed by atoms with Gasteiger partial charge in [0.2, 0.25) is 0 Å². The fraction of sp³-hybridized carbons (Fsp3) is 0.556. The van der Waals surface area contributed by atoms with Crippen LogP contribution in [0.15, 0.2) is 36.4 Å². The zero-order valence-corrected chi connectivity index (χ0v) is 23.5. The maximum Gasteiger partial charge on any atom is 0.126 e. The Labute approximate surface area is 193 Å². The molecule has 0 aliphatic rings.